The maximum atomic E-state index is 10.2. The summed E-state index contributed by atoms with van der Waals surface area (Å²) >= 11 is 0. The number of carbonyl (C=O) groups excluding carboxylic acids is 1. The minimum absolute atomic E-state index is 0.0185. The second-order valence-electron chi connectivity index (χ2n) is 2.91. The number of imidazole rings is 1. The summed E-state index contributed by atoms with van der Waals surface area (Å²) in [4.78, 5) is 26.1. The molecule has 2 rings (SSSR count). The van der Waals surface area contributed by atoms with Crippen LogP contribution < -0.4 is 5.73 Å². The quantitative estimate of drug-likeness (QED) is 0.619. The summed E-state index contributed by atoms with van der Waals surface area (Å²) < 4.78 is 0. The lowest BCUT2D eigenvalue weighted by Gasteiger charge is -1.80. The van der Waals surface area contributed by atoms with E-state index < -0.39 is 11.9 Å². The van der Waals surface area contributed by atoms with Crippen LogP contribution in [0.15, 0.2) is 12.4 Å². The molecule has 1 saturated carbocycles. The van der Waals surface area contributed by atoms with Crippen LogP contribution >= 0.6 is 0 Å². The van der Waals surface area contributed by atoms with Crippen LogP contribution in [0.25, 0.3) is 0 Å². The van der Waals surface area contributed by atoms with Gasteiger partial charge in [-0.3, -0.25) is 9.59 Å². The Morgan fingerprint density at radius 1 is 1.57 bits per heavy atom. The first-order valence-corrected chi connectivity index (χ1v) is 4.13. The second-order valence-corrected chi connectivity index (χ2v) is 2.91. The number of hydrogen-bond donors (Lipinski definition) is 3. The molecule has 0 radical (unpaired) electrons. The van der Waals surface area contributed by atoms with Crippen molar-refractivity contribution in [3.8, 4) is 0 Å². The summed E-state index contributed by atoms with van der Waals surface area (Å²) in [5.74, 6) is -0.944. The van der Waals surface area contributed by atoms with Crippen LogP contribution in [0.1, 0.15) is 23.5 Å². The van der Waals surface area contributed by atoms with E-state index in [1.165, 1.54) is 6.20 Å². The van der Waals surface area contributed by atoms with Crippen molar-refractivity contribution >= 4 is 11.9 Å². The Kier molecular flexibility index (Phi) is 3.22. The summed E-state index contributed by atoms with van der Waals surface area (Å²) in [5, 5.41) is 8.05. The van der Waals surface area contributed by atoms with Crippen LogP contribution in [0.2, 0.25) is 0 Å². The van der Waals surface area contributed by atoms with Gasteiger partial charge in [-0.05, 0) is 12.8 Å². The highest BCUT2D eigenvalue weighted by Crippen LogP contribution is 2.28. The smallest absolute Gasteiger partial charge is 0.306 e. The van der Waals surface area contributed by atoms with Crippen molar-refractivity contribution in [1.82, 2.24) is 9.97 Å². The van der Waals surface area contributed by atoms with Crippen LogP contribution in [-0.2, 0) is 4.79 Å². The van der Waals surface area contributed by atoms with Gasteiger partial charge in [0.05, 0.1) is 5.92 Å². The molecule has 0 spiro atoms. The summed E-state index contributed by atoms with van der Waals surface area (Å²) in [5.41, 5.74) is 4.83. The molecule has 6 heteroatoms. The number of primary amides is 1. The van der Waals surface area contributed by atoms with Crippen molar-refractivity contribution in [3.63, 3.8) is 0 Å². The molecule has 1 fully saturated rings. The van der Waals surface area contributed by atoms with E-state index in [0.717, 1.165) is 12.8 Å². The van der Waals surface area contributed by atoms with E-state index >= 15 is 0 Å². The number of aliphatic carboxylic acids is 1. The van der Waals surface area contributed by atoms with E-state index in [0.29, 0.717) is 0 Å². The standard InChI is InChI=1S/C4H5N3O.C4H6O2/c5-3(8)4-6-1-2-7-4;5-4(6)3-1-2-3/h1-2H,(H2,5,8)(H,6,7);3H,1-2H2,(H,5,6). The van der Waals surface area contributed by atoms with E-state index in [2.05, 4.69) is 9.97 Å². The lowest BCUT2D eigenvalue weighted by atomic mass is 10.5. The summed E-state index contributed by atoms with van der Waals surface area (Å²) in [7, 11) is 0. The lowest BCUT2D eigenvalue weighted by molar-refractivity contribution is -0.138. The van der Waals surface area contributed by atoms with Crippen molar-refractivity contribution in [2.45, 2.75) is 12.8 Å². The summed E-state index contributed by atoms with van der Waals surface area (Å²) in [6.07, 6.45) is 4.81. The fourth-order valence-electron chi connectivity index (χ4n) is 0.730. The zero-order valence-electron chi connectivity index (χ0n) is 7.43. The number of aromatic nitrogens is 2. The Balaban J connectivity index is 0.000000146. The van der Waals surface area contributed by atoms with Gasteiger partial charge < -0.3 is 15.8 Å². The molecule has 0 saturated heterocycles. The molecule has 0 atom stereocenters. The highest BCUT2D eigenvalue weighted by atomic mass is 16.4. The van der Waals surface area contributed by atoms with Crippen molar-refractivity contribution < 1.29 is 14.7 Å². The van der Waals surface area contributed by atoms with Gasteiger partial charge in [0.2, 0.25) is 0 Å². The van der Waals surface area contributed by atoms with Crippen molar-refractivity contribution in [1.29, 1.82) is 0 Å². The molecule has 0 unspecified atom stereocenters. The summed E-state index contributed by atoms with van der Waals surface area (Å²) in [6.45, 7) is 0. The molecule has 14 heavy (non-hydrogen) atoms. The minimum Gasteiger partial charge on any atom is -0.481 e. The van der Waals surface area contributed by atoms with E-state index in [1.807, 2.05) is 0 Å². The van der Waals surface area contributed by atoms with Gasteiger partial charge in [-0.15, -0.1) is 0 Å². The maximum Gasteiger partial charge on any atom is 0.306 e. The van der Waals surface area contributed by atoms with Gasteiger partial charge in [0.25, 0.3) is 5.91 Å². The molecule has 0 bridgehead atoms. The third kappa shape index (κ3) is 3.26. The molecule has 4 N–H and O–H groups in total. The first kappa shape index (κ1) is 10.2. The third-order valence-corrected chi connectivity index (χ3v) is 1.66. The number of amides is 1. The number of carboxylic acid groups (broad SMARTS) is 1. The van der Waals surface area contributed by atoms with Gasteiger partial charge in [0, 0.05) is 12.4 Å². The van der Waals surface area contributed by atoms with Gasteiger partial charge in [0.1, 0.15) is 0 Å². The molecule has 1 amide bonds. The van der Waals surface area contributed by atoms with Gasteiger partial charge in [0.15, 0.2) is 5.82 Å². The second kappa shape index (κ2) is 4.40. The average Bonchev–Trinajstić information content (AvgIpc) is 2.82. The Hall–Kier alpha value is -1.85. The van der Waals surface area contributed by atoms with Gasteiger partial charge in [-0.2, -0.15) is 0 Å². The molecule has 1 aromatic heterocycles. The zero-order valence-corrected chi connectivity index (χ0v) is 7.43. The molecular formula is C8H11N3O3. The molecular weight excluding hydrogens is 186 g/mol. The number of rotatable bonds is 2. The Labute approximate surface area is 80.1 Å². The monoisotopic (exact) mass is 197 g/mol. The molecule has 0 aliphatic heterocycles. The van der Waals surface area contributed by atoms with E-state index in [9.17, 15) is 9.59 Å². The summed E-state index contributed by atoms with van der Waals surface area (Å²) in [6, 6.07) is 0. The van der Waals surface area contributed by atoms with Gasteiger partial charge >= 0.3 is 5.97 Å². The minimum atomic E-state index is -0.630. The highest BCUT2D eigenvalue weighted by molar-refractivity contribution is 5.88. The van der Waals surface area contributed by atoms with Crippen molar-refractivity contribution in [2.24, 2.45) is 11.7 Å². The normalized spacial score (nSPS) is 14.0. The van der Waals surface area contributed by atoms with Crippen LogP contribution in [0.4, 0.5) is 0 Å². The van der Waals surface area contributed by atoms with E-state index in [1.54, 1.807) is 6.20 Å². The van der Waals surface area contributed by atoms with Gasteiger partial charge in [-0.25, -0.2) is 4.98 Å². The van der Waals surface area contributed by atoms with Crippen LogP contribution in [0.3, 0.4) is 0 Å². The first-order valence-electron chi connectivity index (χ1n) is 4.13. The largest absolute Gasteiger partial charge is 0.481 e. The maximum absolute atomic E-state index is 10.2. The van der Waals surface area contributed by atoms with Crippen LogP contribution in [-0.4, -0.2) is 27.0 Å². The molecule has 1 heterocycles. The van der Waals surface area contributed by atoms with E-state index in [-0.39, 0.29) is 11.7 Å². The Morgan fingerprint density at radius 2 is 2.21 bits per heavy atom. The Morgan fingerprint density at radius 3 is 2.36 bits per heavy atom. The first-order chi connectivity index (χ1) is 6.61. The predicted molar refractivity (Wildman–Crippen MR) is 47.5 cm³/mol. The van der Waals surface area contributed by atoms with Crippen LogP contribution in [0, 0.1) is 5.92 Å². The molecule has 1 aromatic rings. The fraction of sp³-hybridized carbons (Fsp3) is 0.375. The number of carbonyl (C=O) groups is 2. The fourth-order valence-corrected chi connectivity index (χ4v) is 0.730. The Bertz CT molecular complexity index is 317. The molecule has 0 aromatic carbocycles. The third-order valence-electron chi connectivity index (χ3n) is 1.66. The molecule has 1 aliphatic carbocycles. The number of hydrogen-bond acceptors (Lipinski definition) is 3. The zero-order chi connectivity index (χ0) is 10.6. The number of nitrogens with two attached hydrogens (primary N) is 1. The van der Waals surface area contributed by atoms with Crippen molar-refractivity contribution in [3.05, 3.63) is 18.2 Å². The molecule has 76 valence electrons. The molecule has 1 aliphatic rings. The van der Waals surface area contributed by atoms with Crippen molar-refractivity contribution in [2.75, 3.05) is 0 Å². The van der Waals surface area contributed by atoms with Gasteiger partial charge in [-0.1, -0.05) is 0 Å². The number of nitrogens with one attached hydrogen (secondary N) is 1. The van der Waals surface area contributed by atoms with E-state index in [4.69, 9.17) is 10.8 Å². The predicted octanol–water partition coefficient (Wildman–Crippen LogP) is -0.0104. The number of aromatic amines is 1. The average molecular weight is 197 g/mol. The number of carboxylic acids is 1. The van der Waals surface area contributed by atoms with Crippen LogP contribution in [0.5, 0.6) is 0 Å². The molecule has 6 nitrogen and oxygen atoms in total. The number of H-pyrrole nitrogens is 1. The SMILES string of the molecule is NC(=O)c1ncc[nH]1.O=C(O)C1CC1. The highest BCUT2D eigenvalue weighted by Gasteiger charge is 2.28. The number of nitrogens with zero attached hydrogens (tertiary/aromatic N) is 1. The lowest BCUT2D eigenvalue weighted by Crippen LogP contribution is -2.12. The topological polar surface area (TPSA) is 109 Å².